The standard InChI is InChI=1S/C22H23F3N2O4/c1-2-7-31-22(30)18(8-13-3-4-13)26-19(28)11-16-5-6-20(29)27(16)12-14-9-15(23)10-17(24)21(14)25/h1,9-10,13,16,18H,3-8,11-12H2,(H,26,28)/t16-,18-/m0/s1. The molecule has 0 radical (unpaired) electrons. The van der Waals surface area contributed by atoms with E-state index in [9.17, 15) is 27.6 Å². The molecule has 2 amide bonds. The fourth-order valence-electron chi connectivity index (χ4n) is 3.71. The molecule has 0 unspecified atom stereocenters. The van der Waals surface area contributed by atoms with Crippen molar-refractivity contribution in [1.82, 2.24) is 10.2 Å². The number of amides is 2. The second-order valence-corrected chi connectivity index (χ2v) is 7.89. The van der Waals surface area contributed by atoms with Crippen LogP contribution in [0.25, 0.3) is 0 Å². The van der Waals surface area contributed by atoms with Gasteiger partial charge in [0.15, 0.2) is 18.2 Å². The minimum absolute atomic E-state index is 0.130. The minimum atomic E-state index is -1.34. The number of ether oxygens (including phenoxy) is 1. The van der Waals surface area contributed by atoms with Gasteiger partial charge < -0.3 is 15.0 Å². The fourth-order valence-corrected chi connectivity index (χ4v) is 3.71. The Morgan fingerprint density at radius 1 is 1.26 bits per heavy atom. The highest BCUT2D eigenvalue weighted by molar-refractivity contribution is 5.86. The molecule has 0 spiro atoms. The SMILES string of the molecule is C#CCOC(=O)[C@H](CC1CC1)NC(=O)C[C@@H]1CCC(=O)N1Cc1cc(F)cc(F)c1F. The minimum Gasteiger partial charge on any atom is -0.451 e. The Labute approximate surface area is 178 Å². The molecule has 1 aliphatic carbocycles. The third-order valence-electron chi connectivity index (χ3n) is 5.47. The van der Waals surface area contributed by atoms with E-state index in [1.807, 2.05) is 0 Å². The number of hydrogen-bond donors (Lipinski definition) is 1. The predicted molar refractivity (Wildman–Crippen MR) is 104 cm³/mol. The highest BCUT2D eigenvalue weighted by Gasteiger charge is 2.35. The van der Waals surface area contributed by atoms with E-state index >= 15 is 0 Å². The zero-order valence-corrected chi connectivity index (χ0v) is 16.8. The third kappa shape index (κ3) is 6.00. The summed E-state index contributed by atoms with van der Waals surface area (Å²) in [6.45, 7) is -0.552. The molecule has 6 nitrogen and oxygen atoms in total. The number of halogens is 3. The summed E-state index contributed by atoms with van der Waals surface area (Å²) in [7, 11) is 0. The lowest BCUT2D eigenvalue weighted by Gasteiger charge is -2.26. The summed E-state index contributed by atoms with van der Waals surface area (Å²) in [6.07, 6.45) is 7.81. The number of likely N-dealkylation sites (tertiary alicyclic amines) is 1. The van der Waals surface area contributed by atoms with Crippen molar-refractivity contribution in [3.8, 4) is 12.3 Å². The summed E-state index contributed by atoms with van der Waals surface area (Å²) in [5, 5.41) is 2.64. The average Bonchev–Trinajstić information content (AvgIpc) is 3.48. The Morgan fingerprint density at radius 3 is 2.68 bits per heavy atom. The van der Waals surface area contributed by atoms with Gasteiger partial charge >= 0.3 is 5.97 Å². The molecule has 1 aromatic carbocycles. The number of terminal acetylenes is 1. The zero-order valence-electron chi connectivity index (χ0n) is 16.8. The molecule has 166 valence electrons. The molecular formula is C22H23F3N2O4. The van der Waals surface area contributed by atoms with Crippen molar-refractivity contribution < 1.29 is 32.3 Å². The molecule has 2 atom stereocenters. The summed E-state index contributed by atoms with van der Waals surface area (Å²) in [5.74, 6) is -2.43. The molecule has 1 aromatic rings. The van der Waals surface area contributed by atoms with Crippen molar-refractivity contribution in [1.29, 1.82) is 0 Å². The number of esters is 1. The first-order chi connectivity index (χ1) is 14.8. The fraction of sp³-hybridized carbons (Fsp3) is 0.500. The van der Waals surface area contributed by atoms with Crippen LogP contribution >= 0.6 is 0 Å². The number of rotatable bonds is 9. The van der Waals surface area contributed by atoms with E-state index in [1.54, 1.807) is 0 Å². The van der Waals surface area contributed by atoms with Crippen LogP contribution in [0.4, 0.5) is 13.2 Å². The Morgan fingerprint density at radius 2 is 2.00 bits per heavy atom. The van der Waals surface area contributed by atoms with Crippen LogP contribution in [-0.2, 0) is 25.7 Å². The summed E-state index contributed by atoms with van der Waals surface area (Å²) in [5.41, 5.74) is -0.303. The molecule has 1 saturated heterocycles. The van der Waals surface area contributed by atoms with Gasteiger partial charge in [0.1, 0.15) is 11.9 Å². The predicted octanol–water partition coefficient (Wildman–Crippen LogP) is 2.45. The second-order valence-electron chi connectivity index (χ2n) is 7.89. The molecular weight excluding hydrogens is 413 g/mol. The zero-order chi connectivity index (χ0) is 22.5. The maximum atomic E-state index is 14.0. The lowest BCUT2D eigenvalue weighted by Crippen LogP contribution is -2.45. The van der Waals surface area contributed by atoms with Crippen LogP contribution in [-0.4, -0.2) is 41.4 Å². The van der Waals surface area contributed by atoms with Gasteiger partial charge in [-0.15, -0.1) is 6.42 Å². The van der Waals surface area contributed by atoms with Crippen LogP contribution in [0.1, 0.15) is 44.1 Å². The average molecular weight is 436 g/mol. The Balaban J connectivity index is 1.64. The summed E-state index contributed by atoms with van der Waals surface area (Å²) in [6, 6.07) is -0.168. The summed E-state index contributed by atoms with van der Waals surface area (Å²) >= 11 is 0. The van der Waals surface area contributed by atoms with Crippen LogP contribution in [0.3, 0.4) is 0 Å². The van der Waals surface area contributed by atoms with Gasteiger partial charge in [-0.1, -0.05) is 18.8 Å². The van der Waals surface area contributed by atoms with E-state index in [4.69, 9.17) is 11.2 Å². The Kier molecular flexibility index (Phi) is 7.21. The number of benzene rings is 1. The molecule has 1 aliphatic heterocycles. The summed E-state index contributed by atoms with van der Waals surface area (Å²) in [4.78, 5) is 38.3. The first-order valence-electron chi connectivity index (χ1n) is 10.1. The van der Waals surface area contributed by atoms with Crippen LogP contribution in [0, 0.1) is 35.7 Å². The van der Waals surface area contributed by atoms with Gasteiger partial charge in [-0.3, -0.25) is 9.59 Å². The van der Waals surface area contributed by atoms with E-state index in [0.717, 1.165) is 18.9 Å². The van der Waals surface area contributed by atoms with Crippen molar-refractivity contribution in [3.63, 3.8) is 0 Å². The topological polar surface area (TPSA) is 75.7 Å². The van der Waals surface area contributed by atoms with Gasteiger partial charge in [0.25, 0.3) is 0 Å². The van der Waals surface area contributed by atoms with Crippen molar-refractivity contribution in [2.45, 2.75) is 57.2 Å². The second kappa shape index (κ2) is 9.86. The molecule has 9 heteroatoms. The van der Waals surface area contributed by atoms with Gasteiger partial charge in [0, 0.05) is 37.1 Å². The molecule has 1 heterocycles. The van der Waals surface area contributed by atoms with Gasteiger partial charge in [0.2, 0.25) is 11.8 Å². The lowest BCUT2D eigenvalue weighted by atomic mass is 10.1. The Bertz CT molecular complexity index is 911. The number of nitrogens with zero attached hydrogens (tertiary/aromatic N) is 1. The molecule has 1 N–H and O–H groups in total. The van der Waals surface area contributed by atoms with E-state index in [1.165, 1.54) is 4.90 Å². The molecule has 0 aromatic heterocycles. The maximum absolute atomic E-state index is 14.0. The largest absolute Gasteiger partial charge is 0.451 e. The van der Waals surface area contributed by atoms with E-state index in [0.29, 0.717) is 24.8 Å². The lowest BCUT2D eigenvalue weighted by molar-refractivity contribution is -0.147. The van der Waals surface area contributed by atoms with E-state index < -0.39 is 41.4 Å². The number of nitrogens with one attached hydrogen (secondary N) is 1. The smallest absolute Gasteiger partial charge is 0.329 e. The number of carbonyl (C=O) groups excluding carboxylic acids is 3. The van der Waals surface area contributed by atoms with Gasteiger partial charge in [0.05, 0.1) is 0 Å². The van der Waals surface area contributed by atoms with Crippen LogP contribution in [0.15, 0.2) is 12.1 Å². The van der Waals surface area contributed by atoms with Gasteiger partial charge in [-0.25, -0.2) is 18.0 Å². The Hall–Kier alpha value is -3.02. The van der Waals surface area contributed by atoms with Crippen molar-refractivity contribution in [2.24, 2.45) is 5.92 Å². The highest BCUT2D eigenvalue weighted by atomic mass is 19.2. The summed E-state index contributed by atoms with van der Waals surface area (Å²) < 4.78 is 45.9. The van der Waals surface area contributed by atoms with Crippen molar-refractivity contribution >= 4 is 17.8 Å². The van der Waals surface area contributed by atoms with Crippen molar-refractivity contribution in [3.05, 3.63) is 35.1 Å². The monoisotopic (exact) mass is 436 g/mol. The molecule has 31 heavy (non-hydrogen) atoms. The van der Waals surface area contributed by atoms with Crippen LogP contribution in [0.2, 0.25) is 0 Å². The van der Waals surface area contributed by atoms with Crippen LogP contribution < -0.4 is 5.32 Å². The maximum Gasteiger partial charge on any atom is 0.329 e. The first-order valence-corrected chi connectivity index (χ1v) is 10.1. The van der Waals surface area contributed by atoms with Gasteiger partial charge in [-0.2, -0.15) is 0 Å². The first kappa shape index (κ1) is 22.7. The normalized spacial score (nSPS) is 19.1. The molecule has 2 aliphatic rings. The van der Waals surface area contributed by atoms with Crippen LogP contribution in [0.5, 0.6) is 0 Å². The quantitative estimate of drug-likeness (QED) is 0.367. The third-order valence-corrected chi connectivity index (χ3v) is 5.47. The number of carbonyl (C=O) groups is 3. The van der Waals surface area contributed by atoms with Crippen molar-refractivity contribution in [2.75, 3.05) is 6.61 Å². The highest BCUT2D eigenvalue weighted by Crippen LogP contribution is 2.34. The molecule has 1 saturated carbocycles. The van der Waals surface area contributed by atoms with E-state index in [-0.39, 0.29) is 37.5 Å². The molecule has 0 bridgehead atoms. The van der Waals surface area contributed by atoms with Gasteiger partial charge in [-0.05, 0) is 24.8 Å². The molecule has 3 rings (SSSR count). The number of hydrogen-bond acceptors (Lipinski definition) is 4. The molecule has 2 fully saturated rings. The van der Waals surface area contributed by atoms with E-state index in [2.05, 4.69) is 11.2 Å².